The monoisotopic (exact) mass is 433 g/mol. The van der Waals surface area contributed by atoms with Gasteiger partial charge in [0, 0.05) is 17.3 Å². The second-order valence-corrected chi connectivity index (χ2v) is 8.00. The van der Waals surface area contributed by atoms with Crippen molar-refractivity contribution in [2.75, 3.05) is 18.1 Å². The Morgan fingerprint density at radius 3 is 2.72 bits per heavy atom. The number of benzene rings is 1. The van der Waals surface area contributed by atoms with E-state index in [4.69, 9.17) is 14.8 Å². The van der Waals surface area contributed by atoms with E-state index in [1.807, 2.05) is 24.3 Å². The number of nitrogens with zero attached hydrogens (tertiary/aromatic N) is 7. The quantitative estimate of drug-likeness (QED) is 0.498. The number of rotatable bonds is 6. The van der Waals surface area contributed by atoms with Crippen LogP contribution < -0.4 is 4.90 Å². The van der Waals surface area contributed by atoms with Gasteiger partial charge in [-0.25, -0.2) is 19.3 Å². The summed E-state index contributed by atoms with van der Waals surface area (Å²) in [5, 5.41) is 17.8. The number of carbonyl (C=O) groups is 1. The minimum Gasteiger partial charge on any atom is -0.447 e. The molecule has 1 N–H and O–H groups in total. The molecule has 1 aliphatic heterocycles. The number of aliphatic hydroxyl groups is 1. The van der Waals surface area contributed by atoms with E-state index in [0.717, 1.165) is 16.7 Å². The molecule has 1 saturated heterocycles. The van der Waals surface area contributed by atoms with Gasteiger partial charge in [-0.2, -0.15) is 10.2 Å². The lowest BCUT2D eigenvalue weighted by Crippen LogP contribution is -2.37. The van der Waals surface area contributed by atoms with Crippen molar-refractivity contribution in [2.45, 2.75) is 26.4 Å². The Kier molecular flexibility index (Phi) is 5.06. The topological polar surface area (TPSA) is 111 Å². The van der Waals surface area contributed by atoms with Crippen molar-refractivity contribution >= 4 is 17.6 Å². The average Bonchev–Trinajstić information content (AvgIpc) is 3.52. The maximum absolute atomic E-state index is 12.3. The molecule has 1 aromatic carbocycles. The third kappa shape index (κ3) is 3.48. The zero-order valence-electron chi connectivity index (χ0n) is 17.8. The molecule has 1 amide bonds. The van der Waals surface area contributed by atoms with E-state index in [-0.39, 0.29) is 24.7 Å². The molecule has 0 aliphatic carbocycles. The van der Waals surface area contributed by atoms with Crippen molar-refractivity contribution < 1.29 is 14.6 Å². The Labute approximate surface area is 184 Å². The van der Waals surface area contributed by atoms with Crippen molar-refractivity contribution in [3.05, 3.63) is 49.1 Å². The number of ether oxygens (including phenoxy) is 1. The molecule has 0 bridgehead atoms. The first kappa shape index (κ1) is 20.1. The molecule has 0 spiro atoms. The van der Waals surface area contributed by atoms with E-state index >= 15 is 0 Å². The molecule has 0 saturated carbocycles. The Hall–Kier alpha value is -3.79. The number of amides is 1. The van der Waals surface area contributed by atoms with Crippen LogP contribution in [0.3, 0.4) is 0 Å². The van der Waals surface area contributed by atoms with E-state index in [1.54, 1.807) is 38.9 Å². The number of aliphatic hydroxyl groups excluding tert-OH is 1. The summed E-state index contributed by atoms with van der Waals surface area (Å²) < 4.78 is 8.57. The van der Waals surface area contributed by atoms with E-state index in [2.05, 4.69) is 29.0 Å². The highest BCUT2D eigenvalue weighted by molar-refractivity contribution is 5.90. The van der Waals surface area contributed by atoms with Gasteiger partial charge in [-0.15, -0.1) is 0 Å². The van der Waals surface area contributed by atoms with E-state index in [9.17, 15) is 4.79 Å². The highest BCUT2D eigenvalue weighted by Crippen LogP contribution is 2.30. The number of aromatic nitrogens is 6. The van der Waals surface area contributed by atoms with Gasteiger partial charge in [0.05, 0.1) is 25.4 Å². The molecule has 1 aliphatic rings. The molecular weight excluding hydrogens is 410 g/mol. The van der Waals surface area contributed by atoms with Crippen LogP contribution in [-0.2, 0) is 11.3 Å². The van der Waals surface area contributed by atoms with E-state index in [1.165, 1.54) is 0 Å². The van der Waals surface area contributed by atoms with Crippen LogP contribution in [0.5, 0.6) is 0 Å². The lowest BCUT2D eigenvalue weighted by molar-refractivity contribution is 0.177. The molecule has 10 heteroatoms. The first-order valence-electron chi connectivity index (χ1n) is 10.5. The van der Waals surface area contributed by atoms with Crippen molar-refractivity contribution in [3.63, 3.8) is 0 Å². The predicted molar refractivity (Wildman–Crippen MR) is 117 cm³/mol. The fourth-order valence-corrected chi connectivity index (χ4v) is 3.82. The molecule has 5 rings (SSSR count). The number of anilines is 1. The zero-order chi connectivity index (χ0) is 22.2. The molecule has 32 heavy (non-hydrogen) atoms. The summed E-state index contributed by atoms with van der Waals surface area (Å²) in [6.45, 7) is 4.90. The predicted octanol–water partition coefficient (Wildman–Crippen LogP) is 2.63. The van der Waals surface area contributed by atoms with Gasteiger partial charge in [-0.1, -0.05) is 38.1 Å². The highest BCUT2D eigenvalue weighted by atomic mass is 16.6. The fourth-order valence-electron chi connectivity index (χ4n) is 3.82. The summed E-state index contributed by atoms with van der Waals surface area (Å²) in [4.78, 5) is 23.0. The lowest BCUT2D eigenvalue weighted by atomic mass is 10.0. The lowest BCUT2D eigenvalue weighted by Gasteiger charge is -2.23. The summed E-state index contributed by atoms with van der Waals surface area (Å²) in [7, 11) is 0. The van der Waals surface area contributed by atoms with Crippen LogP contribution >= 0.6 is 0 Å². The van der Waals surface area contributed by atoms with Crippen LogP contribution in [0.25, 0.3) is 28.2 Å². The van der Waals surface area contributed by atoms with Gasteiger partial charge in [0.25, 0.3) is 0 Å². The zero-order valence-corrected chi connectivity index (χ0v) is 17.8. The number of hydrogen-bond donors (Lipinski definition) is 1. The molecule has 1 atom stereocenters. The molecule has 0 radical (unpaired) electrons. The van der Waals surface area contributed by atoms with Crippen LogP contribution in [0.1, 0.15) is 13.8 Å². The summed E-state index contributed by atoms with van der Waals surface area (Å²) in [6.07, 6.45) is 4.79. The molecule has 0 unspecified atom stereocenters. The fraction of sp³-hybridized carbons (Fsp3) is 0.318. The molecule has 1 fully saturated rings. The number of cyclic esters (lactones) is 1. The second-order valence-electron chi connectivity index (χ2n) is 8.00. The van der Waals surface area contributed by atoms with Gasteiger partial charge in [0.2, 0.25) is 0 Å². The van der Waals surface area contributed by atoms with E-state index < -0.39 is 0 Å². The van der Waals surface area contributed by atoms with Crippen molar-refractivity contribution in [2.24, 2.45) is 5.92 Å². The molecular formula is C22H23N7O3. The van der Waals surface area contributed by atoms with Gasteiger partial charge < -0.3 is 9.84 Å². The van der Waals surface area contributed by atoms with Crippen LogP contribution in [0.2, 0.25) is 0 Å². The smallest absolute Gasteiger partial charge is 0.415 e. The van der Waals surface area contributed by atoms with Gasteiger partial charge in [-0.05, 0) is 17.5 Å². The molecule has 164 valence electrons. The van der Waals surface area contributed by atoms with Gasteiger partial charge in [0.1, 0.15) is 18.8 Å². The minimum absolute atomic E-state index is 0.0124. The number of carbonyl (C=O) groups excluding carboxylic acids is 1. The third-order valence-corrected chi connectivity index (χ3v) is 5.60. The summed E-state index contributed by atoms with van der Waals surface area (Å²) >= 11 is 0. The normalized spacial score (nSPS) is 16.3. The maximum Gasteiger partial charge on any atom is 0.415 e. The Morgan fingerprint density at radius 2 is 1.97 bits per heavy atom. The summed E-state index contributed by atoms with van der Waals surface area (Å²) in [5.41, 5.74) is 3.32. The maximum atomic E-state index is 12.3. The Balaban J connectivity index is 1.48. The first-order valence-corrected chi connectivity index (χ1v) is 10.5. The largest absolute Gasteiger partial charge is 0.447 e. The SMILES string of the molecule is CC(C)[C@H]1COC(=O)N1c1ccn2ncc(-c3ccc(-c4ncn(CCO)n4)cc3)c2n1. The number of fused-ring (bicyclic) bond motifs is 1. The van der Waals surface area contributed by atoms with Crippen molar-refractivity contribution in [1.82, 2.24) is 29.4 Å². The average molecular weight is 433 g/mol. The number of hydrogen-bond acceptors (Lipinski definition) is 7. The molecule has 3 aromatic heterocycles. The summed E-state index contributed by atoms with van der Waals surface area (Å²) in [5.74, 6) is 1.39. The van der Waals surface area contributed by atoms with Gasteiger partial charge in [0.15, 0.2) is 11.5 Å². The Morgan fingerprint density at radius 1 is 1.19 bits per heavy atom. The van der Waals surface area contributed by atoms with Gasteiger partial charge in [-0.3, -0.25) is 9.58 Å². The van der Waals surface area contributed by atoms with Crippen LogP contribution in [-0.4, -0.2) is 59.8 Å². The van der Waals surface area contributed by atoms with Crippen molar-refractivity contribution in [1.29, 1.82) is 0 Å². The second kappa shape index (κ2) is 8.04. The van der Waals surface area contributed by atoms with Crippen molar-refractivity contribution in [3.8, 4) is 22.5 Å². The minimum atomic E-state index is -0.376. The third-order valence-electron chi connectivity index (χ3n) is 5.60. The molecule has 10 nitrogen and oxygen atoms in total. The molecule has 4 heterocycles. The first-order chi connectivity index (χ1) is 15.5. The summed E-state index contributed by atoms with van der Waals surface area (Å²) in [6, 6.07) is 9.54. The molecule has 4 aromatic rings. The van der Waals surface area contributed by atoms with Crippen LogP contribution in [0, 0.1) is 5.92 Å². The highest BCUT2D eigenvalue weighted by Gasteiger charge is 2.37. The van der Waals surface area contributed by atoms with E-state index in [0.29, 0.717) is 30.4 Å². The van der Waals surface area contributed by atoms with Crippen LogP contribution in [0.4, 0.5) is 10.6 Å². The van der Waals surface area contributed by atoms with Gasteiger partial charge >= 0.3 is 6.09 Å². The standard InChI is InChI=1S/C22H23N7O3/c1-14(2)18-12-32-22(31)29(18)19-7-8-28-21(25-19)17(11-24-28)15-3-5-16(6-4-15)20-23-13-27(26-20)9-10-30/h3-8,11,13-14,18,30H,9-10,12H2,1-2H3/t18-/m1/s1. The van der Waals surface area contributed by atoms with Crippen LogP contribution in [0.15, 0.2) is 49.1 Å². The Bertz CT molecular complexity index is 1260.